The Morgan fingerprint density at radius 2 is 1.89 bits per heavy atom. The highest BCUT2D eigenvalue weighted by molar-refractivity contribution is 7.90. The van der Waals surface area contributed by atoms with Crippen molar-refractivity contribution in [3.63, 3.8) is 0 Å². The van der Waals surface area contributed by atoms with Gasteiger partial charge in [-0.1, -0.05) is 18.2 Å². The lowest BCUT2D eigenvalue weighted by Gasteiger charge is -2.06. The third-order valence-corrected chi connectivity index (χ3v) is 5.72. The molecule has 2 aromatic heterocycles. The molecule has 0 saturated heterocycles. The van der Waals surface area contributed by atoms with E-state index in [4.69, 9.17) is 0 Å². The second kappa shape index (κ2) is 3.96. The Hall–Kier alpha value is -1.59. The molecular formula is C13H11NO2S2. The average Bonchev–Trinajstić information content (AvgIpc) is 2.95. The number of thiophene rings is 1. The quantitative estimate of drug-likeness (QED) is 0.721. The van der Waals surface area contributed by atoms with Crippen molar-refractivity contribution in [3.8, 4) is 0 Å². The van der Waals surface area contributed by atoms with Crippen LogP contribution in [0.3, 0.4) is 0 Å². The van der Waals surface area contributed by atoms with Gasteiger partial charge in [-0.2, -0.15) is 0 Å². The highest BCUT2D eigenvalue weighted by Gasteiger charge is 2.21. The predicted molar refractivity (Wildman–Crippen MR) is 73.6 cm³/mol. The third-order valence-electron chi connectivity index (χ3n) is 2.91. The Bertz CT molecular complexity index is 812. The van der Waals surface area contributed by atoms with Crippen molar-refractivity contribution in [2.75, 3.05) is 0 Å². The molecule has 0 bridgehead atoms. The van der Waals surface area contributed by atoms with E-state index in [9.17, 15) is 8.42 Å². The summed E-state index contributed by atoms with van der Waals surface area (Å²) in [6, 6.07) is 10.9. The van der Waals surface area contributed by atoms with E-state index in [0.717, 1.165) is 10.3 Å². The van der Waals surface area contributed by atoms with E-state index in [1.165, 1.54) is 15.3 Å². The van der Waals surface area contributed by atoms with E-state index in [0.29, 0.717) is 10.4 Å². The summed E-state index contributed by atoms with van der Waals surface area (Å²) in [4.78, 5) is 1.20. The van der Waals surface area contributed by atoms with Crippen LogP contribution in [0.2, 0.25) is 0 Å². The number of para-hydroxylation sites is 1. The first-order chi connectivity index (χ1) is 8.60. The van der Waals surface area contributed by atoms with E-state index in [1.807, 2.05) is 37.3 Å². The summed E-state index contributed by atoms with van der Waals surface area (Å²) < 4.78 is 26.5. The SMILES string of the molecule is Cc1sccc1S(=O)(=O)n1ccc2ccccc21. The minimum atomic E-state index is -3.48. The van der Waals surface area contributed by atoms with Crippen molar-refractivity contribution in [1.82, 2.24) is 3.97 Å². The lowest BCUT2D eigenvalue weighted by atomic mass is 10.3. The molecule has 3 aromatic rings. The molecular weight excluding hydrogens is 266 g/mol. The highest BCUT2D eigenvalue weighted by Crippen LogP contribution is 2.26. The Morgan fingerprint density at radius 3 is 2.61 bits per heavy atom. The summed E-state index contributed by atoms with van der Waals surface area (Å²) in [6.07, 6.45) is 1.61. The van der Waals surface area contributed by atoms with Crippen LogP contribution < -0.4 is 0 Å². The van der Waals surface area contributed by atoms with Gasteiger partial charge in [0.15, 0.2) is 0 Å². The van der Waals surface area contributed by atoms with Gasteiger partial charge in [-0.15, -0.1) is 11.3 Å². The number of rotatable bonds is 2. The van der Waals surface area contributed by atoms with E-state index in [-0.39, 0.29) is 0 Å². The van der Waals surface area contributed by atoms with Gasteiger partial charge in [0.05, 0.1) is 5.52 Å². The topological polar surface area (TPSA) is 39.1 Å². The lowest BCUT2D eigenvalue weighted by Crippen LogP contribution is -2.11. The van der Waals surface area contributed by atoms with Crippen LogP contribution in [-0.4, -0.2) is 12.4 Å². The molecule has 0 aliphatic carbocycles. The minimum Gasteiger partial charge on any atom is -0.241 e. The maximum atomic E-state index is 12.6. The van der Waals surface area contributed by atoms with Crippen LogP contribution in [0.4, 0.5) is 0 Å². The molecule has 1 aromatic carbocycles. The molecule has 0 aliphatic rings. The van der Waals surface area contributed by atoms with Crippen molar-refractivity contribution in [2.24, 2.45) is 0 Å². The molecule has 3 nitrogen and oxygen atoms in total. The van der Waals surface area contributed by atoms with Crippen LogP contribution in [-0.2, 0) is 10.0 Å². The zero-order valence-electron chi connectivity index (χ0n) is 9.70. The average molecular weight is 277 g/mol. The second-order valence-electron chi connectivity index (χ2n) is 4.02. The van der Waals surface area contributed by atoms with E-state index < -0.39 is 10.0 Å². The van der Waals surface area contributed by atoms with Crippen molar-refractivity contribution in [2.45, 2.75) is 11.8 Å². The molecule has 0 atom stereocenters. The van der Waals surface area contributed by atoms with E-state index >= 15 is 0 Å². The first-order valence-corrected chi connectivity index (χ1v) is 7.78. The fourth-order valence-corrected chi connectivity index (χ4v) is 4.61. The van der Waals surface area contributed by atoms with Crippen LogP contribution in [0.5, 0.6) is 0 Å². The van der Waals surface area contributed by atoms with Crippen LogP contribution in [0.25, 0.3) is 10.9 Å². The van der Waals surface area contributed by atoms with Crippen LogP contribution in [0, 0.1) is 6.92 Å². The number of aromatic nitrogens is 1. The molecule has 0 spiro atoms. The largest absolute Gasteiger partial charge is 0.269 e. The van der Waals surface area contributed by atoms with Crippen LogP contribution in [0.15, 0.2) is 52.9 Å². The van der Waals surface area contributed by atoms with Gasteiger partial charge in [-0.05, 0) is 30.5 Å². The summed E-state index contributed by atoms with van der Waals surface area (Å²) >= 11 is 1.44. The monoisotopic (exact) mass is 277 g/mol. The Kier molecular flexibility index (Phi) is 2.53. The number of nitrogens with zero attached hydrogens (tertiary/aromatic N) is 1. The Labute approximate surface area is 109 Å². The van der Waals surface area contributed by atoms with Crippen molar-refractivity contribution < 1.29 is 8.42 Å². The van der Waals surface area contributed by atoms with Crippen molar-refractivity contribution >= 4 is 32.3 Å². The molecule has 0 radical (unpaired) electrons. The van der Waals surface area contributed by atoms with Crippen molar-refractivity contribution in [1.29, 1.82) is 0 Å². The highest BCUT2D eigenvalue weighted by atomic mass is 32.2. The predicted octanol–water partition coefficient (Wildman–Crippen LogP) is 3.25. The zero-order valence-corrected chi connectivity index (χ0v) is 11.3. The van der Waals surface area contributed by atoms with Gasteiger partial charge in [0, 0.05) is 16.5 Å². The molecule has 0 unspecified atom stereocenters. The van der Waals surface area contributed by atoms with Gasteiger partial charge in [0.1, 0.15) is 4.90 Å². The van der Waals surface area contributed by atoms with E-state index in [2.05, 4.69) is 0 Å². The molecule has 3 rings (SSSR count). The van der Waals surface area contributed by atoms with Gasteiger partial charge < -0.3 is 0 Å². The molecule has 18 heavy (non-hydrogen) atoms. The minimum absolute atomic E-state index is 0.383. The standard InChI is InChI=1S/C13H11NO2S2/c1-10-13(7-9-17-10)18(15,16)14-8-6-11-4-2-3-5-12(11)14/h2-9H,1H3. The zero-order chi connectivity index (χ0) is 12.8. The van der Waals surface area contributed by atoms with E-state index in [1.54, 1.807) is 17.6 Å². The van der Waals surface area contributed by atoms with Gasteiger partial charge >= 0.3 is 0 Å². The maximum Gasteiger partial charge on any atom is 0.269 e. The summed E-state index contributed by atoms with van der Waals surface area (Å²) in [6.45, 7) is 1.82. The summed E-state index contributed by atoms with van der Waals surface area (Å²) in [5.74, 6) is 0. The first-order valence-electron chi connectivity index (χ1n) is 5.46. The third kappa shape index (κ3) is 1.59. The molecule has 0 amide bonds. The number of aryl methyl sites for hydroxylation is 1. The lowest BCUT2D eigenvalue weighted by molar-refractivity contribution is 0.589. The number of hydrogen-bond donors (Lipinski definition) is 0. The number of benzene rings is 1. The number of hydrogen-bond acceptors (Lipinski definition) is 3. The molecule has 0 fully saturated rings. The van der Waals surface area contributed by atoms with Gasteiger partial charge in [-0.3, -0.25) is 0 Å². The first kappa shape index (κ1) is 11.5. The smallest absolute Gasteiger partial charge is 0.241 e. The Balaban J connectivity index is 2.30. The van der Waals surface area contributed by atoms with Gasteiger partial charge in [0.25, 0.3) is 10.0 Å². The second-order valence-corrected chi connectivity index (χ2v) is 6.92. The maximum absolute atomic E-state index is 12.6. The van der Waals surface area contributed by atoms with Gasteiger partial charge in [-0.25, -0.2) is 12.4 Å². The molecule has 2 heterocycles. The molecule has 0 N–H and O–H groups in total. The fourth-order valence-electron chi connectivity index (χ4n) is 2.01. The van der Waals surface area contributed by atoms with Crippen LogP contribution >= 0.6 is 11.3 Å². The summed E-state index contributed by atoms with van der Waals surface area (Å²) in [7, 11) is -3.48. The normalized spacial score (nSPS) is 12.1. The molecule has 0 aliphatic heterocycles. The summed E-state index contributed by atoms with van der Waals surface area (Å²) in [5.41, 5.74) is 0.711. The fraction of sp³-hybridized carbons (Fsp3) is 0.0769. The molecule has 0 saturated carbocycles. The van der Waals surface area contributed by atoms with Crippen molar-refractivity contribution in [3.05, 3.63) is 52.9 Å². The molecule has 92 valence electrons. The molecule has 5 heteroatoms. The Morgan fingerprint density at radius 1 is 1.11 bits per heavy atom. The van der Waals surface area contributed by atoms with Crippen LogP contribution in [0.1, 0.15) is 4.88 Å². The summed E-state index contributed by atoms with van der Waals surface area (Å²) in [5, 5.41) is 2.72. The van der Waals surface area contributed by atoms with Gasteiger partial charge in [0.2, 0.25) is 0 Å². The number of fused-ring (bicyclic) bond motifs is 1.